The lowest BCUT2D eigenvalue weighted by atomic mass is 9.93. The first-order valence-corrected chi connectivity index (χ1v) is 13.8. The predicted octanol–water partition coefficient (Wildman–Crippen LogP) is 5.58. The zero-order valence-electron chi connectivity index (χ0n) is 23.4. The number of carbonyl (C=O) groups excluding carboxylic acids is 2. The fourth-order valence-corrected chi connectivity index (χ4v) is 5.28. The van der Waals surface area contributed by atoms with Gasteiger partial charge < -0.3 is 23.7 Å². The third-order valence-electron chi connectivity index (χ3n) is 7.45. The average Bonchev–Trinajstić information content (AvgIpc) is 3.38. The van der Waals surface area contributed by atoms with E-state index in [1.165, 1.54) is 6.42 Å². The summed E-state index contributed by atoms with van der Waals surface area (Å²) in [7, 11) is 3.23. The van der Waals surface area contributed by atoms with Crippen LogP contribution in [0.1, 0.15) is 54.8 Å². The maximum absolute atomic E-state index is 13.9. The van der Waals surface area contributed by atoms with E-state index in [0.29, 0.717) is 37.4 Å². The van der Waals surface area contributed by atoms with Crippen LogP contribution in [0.3, 0.4) is 0 Å². The highest BCUT2D eigenvalue weighted by molar-refractivity contribution is 5.86. The molecule has 1 heterocycles. The van der Waals surface area contributed by atoms with Crippen LogP contribution < -0.4 is 9.47 Å². The molecule has 4 rings (SSSR count). The van der Waals surface area contributed by atoms with E-state index in [9.17, 15) is 9.59 Å². The lowest BCUT2D eigenvalue weighted by Crippen LogP contribution is -2.49. The molecule has 0 unspecified atom stereocenters. The summed E-state index contributed by atoms with van der Waals surface area (Å²) in [5.41, 5.74) is 2.00. The van der Waals surface area contributed by atoms with Gasteiger partial charge in [-0.05, 0) is 61.6 Å². The number of ether oxygens (including phenoxy) is 2. The minimum atomic E-state index is -0.0727. The number of aryl methyl sites for hydroxylation is 1. The highest BCUT2D eigenvalue weighted by atomic mass is 16.5. The number of rotatable bonds is 12. The molecule has 3 aromatic rings. The van der Waals surface area contributed by atoms with Crippen LogP contribution in [-0.2, 0) is 29.0 Å². The monoisotopic (exact) mass is 532 g/mol. The number of carbonyl (C=O) groups is 2. The Morgan fingerprint density at radius 2 is 1.62 bits per heavy atom. The molecule has 1 aromatic heterocycles. The number of methoxy groups -OCH3 is 2. The highest BCUT2D eigenvalue weighted by Gasteiger charge is 2.29. The first-order chi connectivity index (χ1) is 19.0. The number of hydrogen-bond acceptors (Lipinski definition) is 5. The molecule has 0 atom stereocenters. The topological polar surface area (TPSA) is 72.2 Å². The van der Waals surface area contributed by atoms with Gasteiger partial charge in [-0.25, -0.2) is 0 Å². The SMILES string of the molecule is COc1ccc(CCN(Cc2ccc(C)o2)C(=O)CN(C(=O)Cc2ccccc2)C2CCCCC2)cc1OC. The zero-order chi connectivity index (χ0) is 27.6. The van der Waals surface area contributed by atoms with Crippen LogP contribution in [0.25, 0.3) is 0 Å². The third-order valence-corrected chi connectivity index (χ3v) is 7.45. The van der Waals surface area contributed by atoms with Gasteiger partial charge in [-0.15, -0.1) is 0 Å². The van der Waals surface area contributed by atoms with Gasteiger partial charge in [0, 0.05) is 12.6 Å². The van der Waals surface area contributed by atoms with Gasteiger partial charge >= 0.3 is 0 Å². The molecule has 0 N–H and O–H groups in total. The van der Waals surface area contributed by atoms with Gasteiger partial charge in [-0.2, -0.15) is 0 Å². The molecule has 0 radical (unpaired) electrons. The van der Waals surface area contributed by atoms with E-state index < -0.39 is 0 Å². The Morgan fingerprint density at radius 1 is 0.872 bits per heavy atom. The van der Waals surface area contributed by atoms with Crippen molar-refractivity contribution < 1.29 is 23.5 Å². The van der Waals surface area contributed by atoms with Crippen LogP contribution in [-0.4, -0.2) is 55.0 Å². The lowest BCUT2D eigenvalue weighted by molar-refractivity contribution is -0.143. The van der Waals surface area contributed by atoms with Gasteiger partial charge in [-0.1, -0.05) is 55.7 Å². The summed E-state index contributed by atoms with van der Waals surface area (Å²) in [6, 6.07) is 19.5. The number of benzene rings is 2. The Morgan fingerprint density at radius 3 is 2.28 bits per heavy atom. The lowest BCUT2D eigenvalue weighted by Gasteiger charge is -2.35. The van der Waals surface area contributed by atoms with Gasteiger partial charge in [0.2, 0.25) is 11.8 Å². The van der Waals surface area contributed by atoms with Crippen molar-refractivity contribution in [3.63, 3.8) is 0 Å². The van der Waals surface area contributed by atoms with Gasteiger partial charge in [0.05, 0.1) is 27.2 Å². The quantitative estimate of drug-likeness (QED) is 0.305. The first kappa shape index (κ1) is 28.3. The minimum Gasteiger partial charge on any atom is -0.493 e. The standard InChI is InChI=1S/C32H40N2O5/c1-24-14-16-28(39-24)22-33(19-18-26-15-17-29(37-2)30(20-26)38-3)32(36)23-34(27-12-8-5-9-13-27)31(35)21-25-10-6-4-7-11-25/h4,6-7,10-11,14-17,20,27H,5,8-9,12-13,18-19,21-23H2,1-3H3. The molecule has 7 nitrogen and oxygen atoms in total. The summed E-state index contributed by atoms with van der Waals surface area (Å²) in [5, 5.41) is 0. The van der Waals surface area contributed by atoms with E-state index in [4.69, 9.17) is 13.9 Å². The van der Waals surface area contributed by atoms with Crippen LogP contribution in [0.2, 0.25) is 0 Å². The van der Waals surface area contributed by atoms with E-state index in [0.717, 1.165) is 48.3 Å². The summed E-state index contributed by atoms with van der Waals surface area (Å²) in [6.45, 7) is 2.80. The maximum Gasteiger partial charge on any atom is 0.242 e. The van der Waals surface area contributed by atoms with E-state index in [1.54, 1.807) is 19.1 Å². The Labute approximate surface area is 231 Å². The first-order valence-electron chi connectivity index (χ1n) is 13.8. The Kier molecular flexibility index (Phi) is 10.1. The number of hydrogen-bond donors (Lipinski definition) is 0. The largest absolute Gasteiger partial charge is 0.493 e. The third kappa shape index (κ3) is 7.88. The molecule has 2 amide bonds. The van der Waals surface area contributed by atoms with Crippen molar-refractivity contribution in [3.8, 4) is 11.5 Å². The molecule has 1 saturated carbocycles. The molecule has 1 aliphatic rings. The van der Waals surface area contributed by atoms with E-state index in [-0.39, 0.29) is 24.4 Å². The molecule has 0 spiro atoms. The molecule has 1 fully saturated rings. The Hall–Kier alpha value is -3.74. The van der Waals surface area contributed by atoms with Crippen LogP contribution in [0.4, 0.5) is 0 Å². The summed E-state index contributed by atoms with van der Waals surface area (Å²) < 4.78 is 16.6. The van der Waals surface area contributed by atoms with Crippen LogP contribution in [0.15, 0.2) is 65.1 Å². The second kappa shape index (κ2) is 13.9. The normalized spacial score (nSPS) is 13.6. The predicted molar refractivity (Wildman–Crippen MR) is 151 cm³/mol. The molecular weight excluding hydrogens is 492 g/mol. The van der Waals surface area contributed by atoms with Crippen molar-refractivity contribution in [3.05, 3.63) is 83.3 Å². The van der Waals surface area contributed by atoms with E-state index in [2.05, 4.69) is 0 Å². The van der Waals surface area contributed by atoms with E-state index >= 15 is 0 Å². The summed E-state index contributed by atoms with van der Waals surface area (Å²) in [4.78, 5) is 31.1. The maximum atomic E-state index is 13.9. The molecule has 1 aliphatic carbocycles. The molecule has 0 saturated heterocycles. The number of amides is 2. The Bertz CT molecular complexity index is 1220. The summed E-state index contributed by atoms with van der Waals surface area (Å²) >= 11 is 0. The van der Waals surface area contributed by atoms with Crippen molar-refractivity contribution in [2.45, 2.75) is 64.5 Å². The second-order valence-corrected chi connectivity index (χ2v) is 10.2. The zero-order valence-corrected chi connectivity index (χ0v) is 23.4. The summed E-state index contributed by atoms with van der Waals surface area (Å²) in [5.74, 6) is 2.80. The Balaban J connectivity index is 1.52. The molecule has 39 heavy (non-hydrogen) atoms. The number of nitrogens with zero attached hydrogens (tertiary/aromatic N) is 2. The van der Waals surface area contributed by atoms with Crippen LogP contribution in [0, 0.1) is 6.92 Å². The van der Waals surface area contributed by atoms with Gasteiger partial charge in [0.25, 0.3) is 0 Å². The van der Waals surface area contributed by atoms with Crippen molar-refractivity contribution >= 4 is 11.8 Å². The van der Waals surface area contributed by atoms with Crippen molar-refractivity contribution in [1.29, 1.82) is 0 Å². The molecule has 0 aliphatic heterocycles. The smallest absolute Gasteiger partial charge is 0.242 e. The van der Waals surface area contributed by atoms with Crippen LogP contribution in [0.5, 0.6) is 11.5 Å². The van der Waals surface area contributed by atoms with Gasteiger partial charge in [0.1, 0.15) is 18.1 Å². The second-order valence-electron chi connectivity index (χ2n) is 10.2. The molecular formula is C32H40N2O5. The fraction of sp³-hybridized carbons (Fsp3) is 0.438. The molecule has 208 valence electrons. The number of furan rings is 1. The van der Waals surface area contributed by atoms with Crippen LogP contribution >= 0.6 is 0 Å². The minimum absolute atomic E-state index is 0.00938. The van der Waals surface area contributed by atoms with Crippen molar-refractivity contribution in [1.82, 2.24) is 9.80 Å². The van der Waals surface area contributed by atoms with Crippen molar-refractivity contribution in [2.75, 3.05) is 27.3 Å². The fourth-order valence-electron chi connectivity index (χ4n) is 5.28. The molecule has 7 heteroatoms. The van der Waals surface area contributed by atoms with Gasteiger partial charge in [0.15, 0.2) is 11.5 Å². The average molecular weight is 533 g/mol. The van der Waals surface area contributed by atoms with Gasteiger partial charge in [-0.3, -0.25) is 9.59 Å². The highest BCUT2D eigenvalue weighted by Crippen LogP contribution is 2.28. The van der Waals surface area contributed by atoms with E-state index in [1.807, 2.05) is 72.5 Å². The molecule has 0 bridgehead atoms. The van der Waals surface area contributed by atoms with Crippen molar-refractivity contribution in [2.24, 2.45) is 0 Å². The molecule has 2 aromatic carbocycles. The summed E-state index contributed by atoms with van der Waals surface area (Å²) in [6.07, 6.45) is 6.17.